The molecule has 0 bridgehead atoms. The van der Waals surface area contributed by atoms with Crippen molar-refractivity contribution >= 4 is 27.2 Å². The Bertz CT molecular complexity index is 1490. The molecule has 1 aromatic heterocycles. The highest BCUT2D eigenvalue weighted by Gasteiger charge is 2.32. The third-order valence-corrected chi connectivity index (χ3v) is 8.91. The molecule has 2 aliphatic heterocycles. The fourth-order valence-electron chi connectivity index (χ4n) is 5.29. The monoisotopic (exact) mass is 590 g/mol. The molecule has 0 spiro atoms. The number of rotatable bonds is 8. The van der Waals surface area contributed by atoms with Gasteiger partial charge in [-0.05, 0) is 48.7 Å². The molecular formula is C27H29F3N6O4S. The lowest BCUT2D eigenvalue weighted by molar-refractivity contribution is -0.384. The van der Waals surface area contributed by atoms with Crippen molar-refractivity contribution in [1.82, 2.24) is 14.6 Å². The number of non-ortho nitro benzene ring substituents is 1. The predicted octanol–water partition coefficient (Wildman–Crippen LogP) is 4.21. The van der Waals surface area contributed by atoms with E-state index in [9.17, 15) is 31.7 Å². The molecule has 0 aliphatic carbocycles. The lowest BCUT2D eigenvalue weighted by Crippen LogP contribution is -2.50. The van der Waals surface area contributed by atoms with Gasteiger partial charge in [-0.15, -0.1) is 0 Å². The lowest BCUT2D eigenvalue weighted by Gasteiger charge is -2.41. The number of sulfonamides is 1. The summed E-state index contributed by atoms with van der Waals surface area (Å²) in [5.74, 6) is 0.888. The van der Waals surface area contributed by atoms with E-state index < -0.39 is 32.7 Å². The van der Waals surface area contributed by atoms with E-state index in [0.717, 1.165) is 67.3 Å². The Morgan fingerprint density at radius 2 is 1.71 bits per heavy atom. The molecule has 10 nitrogen and oxygen atoms in total. The third-order valence-electron chi connectivity index (χ3n) is 7.47. The maximum absolute atomic E-state index is 13.2. The number of benzene rings is 2. The van der Waals surface area contributed by atoms with Crippen LogP contribution in [-0.2, 0) is 22.6 Å². The average molecular weight is 591 g/mol. The summed E-state index contributed by atoms with van der Waals surface area (Å²) in [6.45, 7) is 3.16. The van der Waals surface area contributed by atoms with Crippen molar-refractivity contribution in [1.29, 1.82) is 0 Å². The molecule has 41 heavy (non-hydrogen) atoms. The molecule has 2 aromatic carbocycles. The van der Waals surface area contributed by atoms with Crippen LogP contribution >= 0.6 is 0 Å². The maximum atomic E-state index is 13.2. The highest BCUT2D eigenvalue weighted by Crippen LogP contribution is 2.33. The summed E-state index contributed by atoms with van der Waals surface area (Å²) in [7, 11) is -4.04. The SMILES string of the molecule is O=[N+]([O-])c1ccc(S(=O)(=O)NCC(c2ccc(C(F)(F)F)cc2)N2CCN(c3ccnc4c3CCCN4)CC2)cc1. The molecule has 3 heterocycles. The van der Waals surface area contributed by atoms with Crippen molar-refractivity contribution in [2.45, 2.75) is 30.0 Å². The van der Waals surface area contributed by atoms with Crippen LogP contribution in [-0.4, -0.2) is 62.5 Å². The van der Waals surface area contributed by atoms with Gasteiger partial charge in [0.15, 0.2) is 0 Å². The second-order valence-corrected chi connectivity index (χ2v) is 11.7. The first-order valence-electron chi connectivity index (χ1n) is 13.1. The minimum Gasteiger partial charge on any atom is -0.370 e. The molecule has 14 heteroatoms. The largest absolute Gasteiger partial charge is 0.416 e. The normalized spacial score (nSPS) is 17.0. The van der Waals surface area contributed by atoms with Crippen molar-refractivity contribution in [2.75, 3.05) is 49.5 Å². The van der Waals surface area contributed by atoms with Gasteiger partial charge < -0.3 is 10.2 Å². The van der Waals surface area contributed by atoms with Crippen LogP contribution in [0.2, 0.25) is 0 Å². The number of hydrogen-bond acceptors (Lipinski definition) is 8. The van der Waals surface area contributed by atoms with E-state index in [2.05, 4.69) is 24.8 Å². The van der Waals surface area contributed by atoms with E-state index in [1.165, 1.54) is 17.7 Å². The van der Waals surface area contributed by atoms with E-state index in [-0.39, 0.29) is 17.1 Å². The first-order valence-corrected chi connectivity index (χ1v) is 14.6. The summed E-state index contributed by atoms with van der Waals surface area (Å²) < 4.78 is 68.2. The van der Waals surface area contributed by atoms with E-state index in [0.29, 0.717) is 31.7 Å². The second kappa shape index (κ2) is 11.6. The van der Waals surface area contributed by atoms with E-state index in [4.69, 9.17) is 0 Å². The van der Waals surface area contributed by atoms with Crippen molar-refractivity contribution in [3.8, 4) is 0 Å². The summed E-state index contributed by atoms with van der Waals surface area (Å²) in [5, 5.41) is 14.3. The molecule has 1 unspecified atom stereocenters. The Kier molecular flexibility index (Phi) is 8.16. The number of nitrogens with one attached hydrogen (secondary N) is 2. The summed E-state index contributed by atoms with van der Waals surface area (Å²) >= 11 is 0. The van der Waals surface area contributed by atoms with Gasteiger partial charge in [-0.3, -0.25) is 15.0 Å². The van der Waals surface area contributed by atoms with Gasteiger partial charge in [0.05, 0.1) is 15.4 Å². The highest BCUT2D eigenvalue weighted by atomic mass is 32.2. The van der Waals surface area contributed by atoms with Gasteiger partial charge in [0.1, 0.15) is 5.82 Å². The van der Waals surface area contributed by atoms with Crippen LogP contribution in [0.5, 0.6) is 0 Å². The van der Waals surface area contributed by atoms with Gasteiger partial charge in [0.25, 0.3) is 5.69 Å². The number of anilines is 2. The molecule has 0 radical (unpaired) electrons. The number of nitro groups is 1. The molecule has 5 rings (SSSR count). The zero-order valence-electron chi connectivity index (χ0n) is 22.0. The molecule has 2 aliphatic rings. The number of piperazine rings is 1. The topological polar surface area (TPSA) is 121 Å². The summed E-state index contributed by atoms with van der Waals surface area (Å²) in [5.41, 5.74) is 1.79. The van der Waals surface area contributed by atoms with E-state index >= 15 is 0 Å². The summed E-state index contributed by atoms with van der Waals surface area (Å²) in [6, 6.07) is 10.7. The van der Waals surface area contributed by atoms with Crippen LogP contribution in [0.15, 0.2) is 65.7 Å². The van der Waals surface area contributed by atoms with Crippen molar-refractivity contribution in [3.63, 3.8) is 0 Å². The molecule has 1 atom stereocenters. The lowest BCUT2D eigenvalue weighted by atomic mass is 10.0. The zero-order chi connectivity index (χ0) is 29.2. The zero-order valence-corrected chi connectivity index (χ0v) is 22.8. The molecule has 3 aromatic rings. The van der Waals surface area contributed by atoms with Crippen LogP contribution < -0.4 is 14.9 Å². The standard InChI is InChI=1S/C27H29F3N6O4S/c28-27(29,30)20-5-3-19(4-6-20)25(18-33-41(39,40)22-9-7-21(8-10-22)36(37)38)35-16-14-34(15-17-35)24-11-13-32-26-23(24)2-1-12-31-26/h3-11,13,25,33H,1-2,12,14-18H2,(H,31,32). The number of hydrogen-bond donors (Lipinski definition) is 2. The van der Waals surface area contributed by atoms with Crippen molar-refractivity contribution in [2.24, 2.45) is 0 Å². The second-order valence-electron chi connectivity index (χ2n) is 9.95. The number of aromatic nitrogens is 1. The smallest absolute Gasteiger partial charge is 0.370 e. The third kappa shape index (κ3) is 6.44. The minimum atomic E-state index is -4.49. The van der Waals surface area contributed by atoms with Crippen LogP contribution in [0.3, 0.4) is 0 Å². The van der Waals surface area contributed by atoms with Crippen LogP contribution in [0.4, 0.5) is 30.4 Å². The Morgan fingerprint density at radius 1 is 1.02 bits per heavy atom. The molecule has 0 saturated carbocycles. The van der Waals surface area contributed by atoms with Crippen molar-refractivity contribution in [3.05, 3.63) is 87.6 Å². The number of halogens is 3. The van der Waals surface area contributed by atoms with Gasteiger partial charge >= 0.3 is 6.18 Å². The first kappa shape index (κ1) is 28.8. The summed E-state index contributed by atoms with van der Waals surface area (Å²) in [4.78, 5) is 18.9. The molecule has 218 valence electrons. The van der Waals surface area contributed by atoms with Gasteiger partial charge in [0, 0.05) is 74.9 Å². The molecule has 0 amide bonds. The molecule has 1 saturated heterocycles. The fraction of sp³-hybridized carbons (Fsp3) is 0.370. The number of nitro benzene ring substituents is 1. The molecule has 2 N–H and O–H groups in total. The fourth-order valence-corrected chi connectivity index (χ4v) is 6.33. The molecular weight excluding hydrogens is 561 g/mol. The van der Waals surface area contributed by atoms with Gasteiger partial charge in [-0.1, -0.05) is 12.1 Å². The minimum absolute atomic E-state index is 0.0980. The first-order chi connectivity index (χ1) is 19.5. The van der Waals surface area contributed by atoms with E-state index in [1.807, 2.05) is 6.07 Å². The number of pyridine rings is 1. The quantitative estimate of drug-likeness (QED) is 0.296. The number of alkyl halides is 3. The van der Waals surface area contributed by atoms with Crippen molar-refractivity contribution < 1.29 is 26.5 Å². The highest BCUT2D eigenvalue weighted by molar-refractivity contribution is 7.89. The van der Waals surface area contributed by atoms with Gasteiger partial charge in [-0.2, -0.15) is 13.2 Å². The molecule has 1 fully saturated rings. The van der Waals surface area contributed by atoms with Crippen LogP contribution in [0.1, 0.15) is 29.2 Å². The Labute approximate surface area is 235 Å². The van der Waals surface area contributed by atoms with E-state index in [1.54, 1.807) is 6.20 Å². The van der Waals surface area contributed by atoms with Gasteiger partial charge in [0.2, 0.25) is 10.0 Å². The summed E-state index contributed by atoms with van der Waals surface area (Å²) in [6.07, 6.45) is -0.784. The Morgan fingerprint density at radius 3 is 2.34 bits per heavy atom. The van der Waals surface area contributed by atoms with Gasteiger partial charge in [-0.25, -0.2) is 18.1 Å². The van der Waals surface area contributed by atoms with Crippen LogP contribution in [0, 0.1) is 10.1 Å². The Hall–Kier alpha value is -3.75. The Balaban J connectivity index is 1.35. The average Bonchev–Trinajstić information content (AvgIpc) is 2.97. The maximum Gasteiger partial charge on any atom is 0.416 e. The predicted molar refractivity (Wildman–Crippen MR) is 147 cm³/mol. The van der Waals surface area contributed by atoms with Crippen LogP contribution in [0.25, 0.3) is 0 Å². The number of fused-ring (bicyclic) bond motifs is 1. The number of nitrogens with zero attached hydrogens (tertiary/aromatic N) is 4.